The fraction of sp³-hybridized carbons (Fsp3) is 0.462. The minimum atomic E-state index is -0.00281. The minimum absolute atomic E-state index is 0.00281. The van der Waals surface area contributed by atoms with E-state index in [1.54, 1.807) is 27.3 Å². The molecule has 1 rings (SSSR count). The smallest absolute Gasteiger partial charge is 0.241 e. The normalized spacial score (nSPS) is 11.1. The largest absolute Gasteiger partial charge is 0.351 e. The van der Waals surface area contributed by atoms with Gasteiger partial charge in [0.15, 0.2) is 5.96 Å². The molecule has 0 aliphatic carbocycles. The topological polar surface area (TPSA) is 69.6 Å². The quantitative estimate of drug-likeness (QED) is 0.599. The van der Waals surface area contributed by atoms with E-state index in [2.05, 4.69) is 20.6 Å². The van der Waals surface area contributed by atoms with Crippen LogP contribution in [0.2, 0.25) is 0 Å². The highest BCUT2D eigenvalue weighted by Crippen LogP contribution is 2.01. The van der Waals surface area contributed by atoms with Crippen LogP contribution in [0.5, 0.6) is 0 Å². The Balaban J connectivity index is 2.46. The second-order valence-corrected chi connectivity index (χ2v) is 4.33. The maximum absolute atomic E-state index is 11.5. The molecule has 1 heterocycles. The standard InChI is InChI=1S/C13H21N5O/c1-10-6-5-7-15-11(10)8-16-13(14-2)17-9-12(19)18(3)4/h5-7H,8-9H2,1-4H3,(H2,14,16,17). The van der Waals surface area contributed by atoms with Crippen molar-refractivity contribution in [3.8, 4) is 0 Å². The van der Waals surface area contributed by atoms with Crippen LogP contribution in [0.25, 0.3) is 0 Å². The molecule has 0 radical (unpaired) electrons. The number of carbonyl (C=O) groups is 1. The number of nitrogens with zero attached hydrogens (tertiary/aromatic N) is 3. The van der Waals surface area contributed by atoms with Crippen molar-refractivity contribution in [3.05, 3.63) is 29.6 Å². The lowest BCUT2D eigenvalue weighted by Crippen LogP contribution is -2.42. The number of hydrogen-bond acceptors (Lipinski definition) is 3. The Labute approximate surface area is 113 Å². The van der Waals surface area contributed by atoms with Crippen LogP contribution >= 0.6 is 0 Å². The molecule has 0 bridgehead atoms. The minimum Gasteiger partial charge on any atom is -0.351 e. The molecule has 0 atom stereocenters. The van der Waals surface area contributed by atoms with Gasteiger partial charge < -0.3 is 15.5 Å². The van der Waals surface area contributed by atoms with Gasteiger partial charge in [0.2, 0.25) is 5.91 Å². The van der Waals surface area contributed by atoms with Gasteiger partial charge in [-0.05, 0) is 18.6 Å². The zero-order chi connectivity index (χ0) is 14.3. The molecule has 0 aliphatic rings. The molecule has 6 heteroatoms. The summed E-state index contributed by atoms with van der Waals surface area (Å²) in [7, 11) is 5.11. The number of aliphatic imine (C=N–C) groups is 1. The lowest BCUT2D eigenvalue weighted by Gasteiger charge is -2.14. The van der Waals surface area contributed by atoms with Crippen LogP contribution in [-0.4, -0.2) is 49.4 Å². The third-order valence-corrected chi connectivity index (χ3v) is 2.67. The summed E-state index contributed by atoms with van der Waals surface area (Å²) < 4.78 is 0. The number of carbonyl (C=O) groups excluding carboxylic acids is 1. The molecular weight excluding hydrogens is 242 g/mol. The molecule has 1 amide bonds. The van der Waals surface area contributed by atoms with Crippen molar-refractivity contribution in [2.24, 2.45) is 4.99 Å². The number of pyridine rings is 1. The van der Waals surface area contributed by atoms with Crippen molar-refractivity contribution >= 4 is 11.9 Å². The van der Waals surface area contributed by atoms with Gasteiger partial charge in [-0.2, -0.15) is 0 Å². The highest BCUT2D eigenvalue weighted by atomic mass is 16.2. The highest BCUT2D eigenvalue weighted by Gasteiger charge is 2.06. The molecule has 19 heavy (non-hydrogen) atoms. The molecule has 0 fully saturated rings. The van der Waals surface area contributed by atoms with E-state index in [1.807, 2.05) is 19.1 Å². The van der Waals surface area contributed by atoms with E-state index in [9.17, 15) is 4.79 Å². The van der Waals surface area contributed by atoms with Gasteiger partial charge in [0, 0.05) is 27.3 Å². The SMILES string of the molecule is CN=C(NCC(=O)N(C)C)NCc1ncccc1C. The van der Waals surface area contributed by atoms with E-state index in [-0.39, 0.29) is 12.5 Å². The molecule has 0 saturated carbocycles. The van der Waals surface area contributed by atoms with Gasteiger partial charge in [0.05, 0.1) is 18.8 Å². The first-order chi connectivity index (χ1) is 9.04. The van der Waals surface area contributed by atoms with E-state index in [4.69, 9.17) is 0 Å². The maximum Gasteiger partial charge on any atom is 0.241 e. The second kappa shape index (κ2) is 7.35. The number of aromatic nitrogens is 1. The molecule has 0 unspecified atom stereocenters. The zero-order valence-electron chi connectivity index (χ0n) is 11.9. The number of nitrogens with one attached hydrogen (secondary N) is 2. The number of guanidine groups is 1. The summed E-state index contributed by atoms with van der Waals surface area (Å²) in [5, 5.41) is 6.09. The van der Waals surface area contributed by atoms with Crippen LogP contribution in [0.15, 0.2) is 23.3 Å². The average molecular weight is 263 g/mol. The van der Waals surface area contributed by atoms with Gasteiger partial charge in [-0.1, -0.05) is 6.07 Å². The van der Waals surface area contributed by atoms with E-state index >= 15 is 0 Å². The van der Waals surface area contributed by atoms with E-state index in [0.717, 1.165) is 11.3 Å². The Morgan fingerprint density at radius 2 is 2.16 bits per heavy atom. The molecule has 0 aliphatic heterocycles. The number of amides is 1. The fourth-order valence-electron chi connectivity index (χ4n) is 1.41. The molecule has 2 N–H and O–H groups in total. The summed E-state index contributed by atoms with van der Waals surface area (Å²) in [6, 6.07) is 3.91. The molecule has 0 saturated heterocycles. The highest BCUT2D eigenvalue weighted by molar-refractivity contribution is 5.86. The molecule has 104 valence electrons. The lowest BCUT2D eigenvalue weighted by atomic mass is 10.2. The molecule has 6 nitrogen and oxygen atoms in total. The predicted molar refractivity (Wildman–Crippen MR) is 75.9 cm³/mol. The maximum atomic E-state index is 11.5. The van der Waals surface area contributed by atoms with Crippen LogP contribution in [0.4, 0.5) is 0 Å². The fourth-order valence-corrected chi connectivity index (χ4v) is 1.41. The van der Waals surface area contributed by atoms with Crippen molar-refractivity contribution in [2.75, 3.05) is 27.7 Å². The first-order valence-corrected chi connectivity index (χ1v) is 6.09. The summed E-state index contributed by atoms with van der Waals surface area (Å²) in [5.41, 5.74) is 2.08. The van der Waals surface area contributed by atoms with Crippen molar-refractivity contribution in [2.45, 2.75) is 13.5 Å². The number of rotatable bonds is 4. The Morgan fingerprint density at radius 1 is 1.42 bits per heavy atom. The predicted octanol–water partition coefficient (Wildman–Crippen LogP) is 0.143. The van der Waals surface area contributed by atoms with Crippen LogP contribution in [0.3, 0.4) is 0 Å². The third kappa shape index (κ3) is 4.95. The summed E-state index contributed by atoms with van der Waals surface area (Å²) in [6.07, 6.45) is 1.76. The van der Waals surface area contributed by atoms with Gasteiger partial charge in [0.25, 0.3) is 0 Å². The first kappa shape index (κ1) is 14.9. The molecule has 1 aromatic rings. The first-order valence-electron chi connectivity index (χ1n) is 6.09. The second-order valence-electron chi connectivity index (χ2n) is 4.33. The van der Waals surface area contributed by atoms with Crippen LogP contribution in [-0.2, 0) is 11.3 Å². The van der Waals surface area contributed by atoms with Gasteiger partial charge in [-0.25, -0.2) is 0 Å². The average Bonchev–Trinajstić information content (AvgIpc) is 2.40. The van der Waals surface area contributed by atoms with E-state index in [1.165, 1.54) is 4.90 Å². The lowest BCUT2D eigenvalue weighted by molar-refractivity contribution is -0.127. The van der Waals surface area contributed by atoms with Crippen LogP contribution < -0.4 is 10.6 Å². The van der Waals surface area contributed by atoms with Crippen molar-refractivity contribution in [3.63, 3.8) is 0 Å². The van der Waals surface area contributed by atoms with Gasteiger partial charge >= 0.3 is 0 Å². The third-order valence-electron chi connectivity index (χ3n) is 2.67. The van der Waals surface area contributed by atoms with E-state index in [0.29, 0.717) is 12.5 Å². The Morgan fingerprint density at radius 3 is 2.74 bits per heavy atom. The molecular formula is C13H21N5O. The Bertz CT molecular complexity index is 456. The number of hydrogen-bond donors (Lipinski definition) is 2. The van der Waals surface area contributed by atoms with Crippen molar-refractivity contribution in [1.82, 2.24) is 20.5 Å². The summed E-state index contributed by atoms with van der Waals surface area (Å²) in [6.45, 7) is 2.80. The Hall–Kier alpha value is -2.11. The van der Waals surface area contributed by atoms with Gasteiger partial charge in [0.1, 0.15) is 0 Å². The summed E-state index contributed by atoms with van der Waals surface area (Å²) in [5.74, 6) is 0.581. The van der Waals surface area contributed by atoms with Gasteiger partial charge in [-0.15, -0.1) is 0 Å². The van der Waals surface area contributed by atoms with Gasteiger partial charge in [-0.3, -0.25) is 14.8 Å². The number of aryl methyl sites for hydroxylation is 1. The van der Waals surface area contributed by atoms with Crippen molar-refractivity contribution in [1.29, 1.82) is 0 Å². The van der Waals surface area contributed by atoms with Crippen LogP contribution in [0.1, 0.15) is 11.3 Å². The van der Waals surface area contributed by atoms with E-state index < -0.39 is 0 Å². The molecule has 0 aromatic carbocycles. The molecule has 1 aromatic heterocycles. The molecule has 0 spiro atoms. The Kier molecular flexibility index (Phi) is 5.78. The van der Waals surface area contributed by atoms with Crippen LogP contribution in [0, 0.1) is 6.92 Å². The monoisotopic (exact) mass is 263 g/mol. The zero-order valence-corrected chi connectivity index (χ0v) is 11.9. The van der Waals surface area contributed by atoms with Crippen molar-refractivity contribution < 1.29 is 4.79 Å². The number of likely N-dealkylation sites (N-methyl/N-ethyl adjacent to an activating group) is 1. The summed E-state index contributed by atoms with van der Waals surface area (Å²) >= 11 is 0. The summed E-state index contributed by atoms with van der Waals surface area (Å²) in [4.78, 5) is 21.3.